The molecular formula is C19H21Cl2F5N4O4. The third kappa shape index (κ3) is 8.45. The third-order valence-corrected chi connectivity index (χ3v) is 4.19. The number of hydrogen-bond donors (Lipinski definition) is 2. The van der Waals surface area contributed by atoms with Gasteiger partial charge in [0, 0.05) is 26.2 Å². The first-order valence-electron chi connectivity index (χ1n) is 9.35. The number of halogens is 7. The van der Waals surface area contributed by atoms with E-state index in [-0.39, 0.29) is 22.1 Å². The van der Waals surface area contributed by atoms with E-state index in [1.165, 1.54) is 20.5 Å². The largest absolute Gasteiger partial charge is 0.486 e. The van der Waals surface area contributed by atoms with Gasteiger partial charge in [0.2, 0.25) is 5.82 Å². The summed E-state index contributed by atoms with van der Waals surface area (Å²) in [7, 11) is 2.67. The summed E-state index contributed by atoms with van der Waals surface area (Å²) >= 11 is 11.2. The molecule has 0 bridgehead atoms. The van der Waals surface area contributed by atoms with Gasteiger partial charge in [-0.2, -0.15) is 4.39 Å². The van der Waals surface area contributed by atoms with Gasteiger partial charge in [-0.1, -0.05) is 43.5 Å². The maximum Gasteiger partial charge on any atom is 0.329 e. The lowest BCUT2D eigenvalue weighted by Crippen LogP contribution is -2.08. The number of nitrogens with zero attached hydrogens (tertiary/aromatic N) is 2. The number of ether oxygens (including phenoxy) is 1. The first-order chi connectivity index (χ1) is 15.9. The summed E-state index contributed by atoms with van der Waals surface area (Å²) in [5.41, 5.74) is -1.86. The van der Waals surface area contributed by atoms with Gasteiger partial charge in [0.25, 0.3) is 6.43 Å². The molecule has 0 aliphatic rings. The van der Waals surface area contributed by atoms with Crippen molar-refractivity contribution in [2.75, 3.05) is 31.3 Å². The number of benzene rings is 2. The minimum atomic E-state index is -2.71. The summed E-state index contributed by atoms with van der Waals surface area (Å²) in [6.45, 7) is 3.33. The summed E-state index contributed by atoms with van der Waals surface area (Å²) in [6, 6.07) is 1.11. The second-order valence-electron chi connectivity index (χ2n) is 6.03. The maximum absolute atomic E-state index is 13.3. The molecule has 2 N–H and O–H groups in total. The van der Waals surface area contributed by atoms with Gasteiger partial charge < -0.3 is 15.4 Å². The first kappa shape index (κ1) is 31.1. The highest BCUT2D eigenvalue weighted by Crippen LogP contribution is 2.41. The molecular weight excluding hydrogens is 514 g/mol. The van der Waals surface area contributed by atoms with Gasteiger partial charge in [-0.15, -0.1) is 4.91 Å². The minimum absolute atomic E-state index is 0.106. The average Bonchev–Trinajstić information content (AvgIpc) is 2.76. The number of nitro groups is 1. The fourth-order valence-corrected chi connectivity index (χ4v) is 2.69. The van der Waals surface area contributed by atoms with Crippen LogP contribution in [0.15, 0.2) is 17.3 Å². The van der Waals surface area contributed by atoms with Crippen LogP contribution in [0, 0.1) is 32.5 Å². The molecule has 0 spiro atoms. The van der Waals surface area contributed by atoms with E-state index in [0.717, 1.165) is 6.07 Å². The van der Waals surface area contributed by atoms with Gasteiger partial charge in [0.05, 0.1) is 10.6 Å². The lowest BCUT2D eigenvalue weighted by molar-refractivity contribution is -0.386. The highest BCUT2D eigenvalue weighted by atomic mass is 35.5. The Bertz CT molecular complexity index is 1000. The molecule has 0 aliphatic carbocycles. The van der Waals surface area contributed by atoms with E-state index in [1.807, 2.05) is 0 Å². The van der Waals surface area contributed by atoms with Crippen molar-refractivity contribution in [3.63, 3.8) is 0 Å². The molecule has 0 radical (unpaired) electrons. The van der Waals surface area contributed by atoms with Crippen molar-refractivity contribution in [1.82, 2.24) is 0 Å². The van der Waals surface area contributed by atoms with Crippen LogP contribution in [0.1, 0.15) is 20.3 Å². The van der Waals surface area contributed by atoms with Crippen molar-refractivity contribution in [2.45, 2.75) is 26.7 Å². The Kier molecular flexibility index (Phi) is 13.8. The molecule has 0 saturated carbocycles. The molecule has 15 heteroatoms. The third-order valence-electron chi connectivity index (χ3n) is 3.44. The van der Waals surface area contributed by atoms with Crippen LogP contribution in [0.5, 0.6) is 5.75 Å². The van der Waals surface area contributed by atoms with Gasteiger partial charge in [0.15, 0.2) is 11.5 Å². The Morgan fingerprint density at radius 2 is 1.56 bits per heavy atom. The molecule has 0 unspecified atom stereocenters. The predicted octanol–water partition coefficient (Wildman–Crippen LogP) is 7.55. The molecule has 0 amide bonds. The molecule has 8 nitrogen and oxygen atoms in total. The van der Waals surface area contributed by atoms with Gasteiger partial charge in [-0.25, -0.2) is 17.6 Å². The summed E-state index contributed by atoms with van der Waals surface area (Å²) in [4.78, 5) is 19.8. The normalized spacial score (nSPS) is 9.88. The monoisotopic (exact) mass is 534 g/mol. The summed E-state index contributed by atoms with van der Waals surface area (Å²) < 4.78 is 67.6. The zero-order valence-corrected chi connectivity index (χ0v) is 19.8. The van der Waals surface area contributed by atoms with Crippen molar-refractivity contribution < 1.29 is 31.6 Å². The zero-order valence-electron chi connectivity index (χ0n) is 18.3. The lowest BCUT2D eigenvalue weighted by Gasteiger charge is -2.12. The van der Waals surface area contributed by atoms with Gasteiger partial charge in [-0.3, -0.25) is 10.1 Å². The van der Waals surface area contributed by atoms with Crippen LogP contribution in [0.3, 0.4) is 0 Å². The van der Waals surface area contributed by atoms with E-state index in [1.54, 1.807) is 0 Å². The van der Waals surface area contributed by atoms with Crippen LogP contribution in [-0.4, -0.2) is 32.1 Å². The van der Waals surface area contributed by atoms with E-state index < -0.39 is 51.8 Å². The Hall–Kier alpha value is -2.93. The van der Waals surface area contributed by atoms with E-state index in [2.05, 4.69) is 34.4 Å². The van der Waals surface area contributed by atoms with Crippen molar-refractivity contribution in [2.24, 2.45) is 5.18 Å². The fourth-order valence-electron chi connectivity index (χ4n) is 2.16. The Morgan fingerprint density at radius 3 is 1.97 bits per heavy atom. The molecule has 190 valence electrons. The number of alkyl halides is 2. The first-order valence-corrected chi connectivity index (χ1v) is 10.1. The zero-order chi connectivity index (χ0) is 26.6. The summed E-state index contributed by atoms with van der Waals surface area (Å²) in [5.74, 6) is -3.58. The lowest BCUT2D eigenvalue weighted by atomic mass is 10.2. The van der Waals surface area contributed by atoms with Gasteiger partial charge in [0.1, 0.15) is 33.9 Å². The van der Waals surface area contributed by atoms with E-state index in [0.29, 0.717) is 6.07 Å². The number of anilines is 2. The van der Waals surface area contributed by atoms with Crippen molar-refractivity contribution in [1.29, 1.82) is 0 Å². The van der Waals surface area contributed by atoms with Crippen LogP contribution >= 0.6 is 23.2 Å². The smallest absolute Gasteiger partial charge is 0.329 e. The van der Waals surface area contributed by atoms with Crippen LogP contribution in [0.25, 0.3) is 0 Å². The number of hydrogen-bond acceptors (Lipinski definition) is 7. The second-order valence-corrected chi connectivity index (χ2v) is 6.79. The number of rotatable bonds is 7. The highest BCUT2D eigenvalue weighted by Gasteiger charge is 2.25. The van der Waals surface area contributed by atoms with E-state index >= 15 is 0 Å². The van der Waals surface area contributed by atoms with Crippen LogP contribution in [0.4, 0.5) is 44.7 Å². The molecule has 0 heterocycles. The Labute approximate surface area is 201 Å². The van der Waals surface area contributed by atoms with Crippen LogP contribution in [0.2, 0.25) is 10.0 Å². The molecule has 0 atom stereocenters. The Morgan fingerprint density at radius 1 is 1.03 bits per heavy atom. The van der Waals surface area contributed by atoms with E-state index in [9.17, 15) is 37.0 Å². The predicted molar refractivity (Wildman–Crippen MR) is 121 cm³/mol. The molecule has 34 heavy (non-hydrogen) atoms. The van der Waals surface area contributed by atoms with Crippen molar-refractivity contribution in [3.8, 4) is 5.75 Å². The fraction of sp³-hybridized carbons (Fsp3) is 0.368. The van der Waals surface area contributed by atoms with Gasteiger partial charge in [-0.05, 0) is 5.18 Å². The number of nitroso groups, excluding NO2 is 1. The molecule has 2 rings (SSSR count). The second kappa shape index (κ2) is 15.1. The van der Waals surface area contributed by atoms with Crippen LogP contribution in [-0.2, 0) is 0 Å². The quantitative estimate of drug-likeness (QED) is 0.125. The molecule has 0 aliphatic heterocycles. The minimum Gasteiger partial charge on any atom is -0.486 e. The SMILES string of the molecule is CCC.CNc1c(Cl)c(F)cc(F)c1[N+](=O)[O-].CNc1c(Cl)c(OCC(F)F)cc(F)c1N=O. The van der Waals surface area contributed by atoms with E-state index in [4.69, 9.17) is 23.2 Å². The Balaban J connectivity index is 0.000000582. The summed E-state index contributed by atoms with van der Waals surface area (Å²) in [6.07, 6.45) is -1.46. The molecule has 0 fully saturated rings. The molecule has 0 aromatic heterocycles. The average molecular weight is 535 g/mol. The number of nitrogens with one attached hydrogen (secondary N) is 2. The van der Waals surface area contributed by atoms with Gasteiger partial charge >= 0.3 is 5.69 Å². The topological polar surface area (TPSA) is 106 Å². The molecule has 0 saturated heterocycles. The van der Waals surface area contributed by atoms with Crippen molar-refractivity contribution >= 4 is 46.0 Å². The molecule has 2 aromatic rings. The van der Waals surface area contributed by atoms with Crippen LogP contribution < -0.4 is 15.4 Å². The highest BCUT2D eigenvalue weighted by molar-refractivity contribution is 6.35. The maximum atomic E-state index is 13.3. The molecule has 2 aromatic carbocycles. The summed E-state index contributed by atoms with van der Waals surface area (Å²) in [5, 5.41) is 16.9. The van der Waals surface area contributed by atoms with Crippen molar-refractivity contribution in [3.05, 3.63) is 54.7 Å². The number of nitro benzene ring substituents is 1. The standard InChI is InChI=1S/C9H8ClF3N2O2.C7H5ClF2N2O2.C3H8/c1-14-9-7(10)5(17-3-6(12)13)2-4(11)8(9)15-16;1-11-6-5(8)3(9)2-4(10)7(6)12(13)14;1-3-2/h2,6,14H,3H2,1H3;2,11H,1H3;3H2,1-2H3.